The normalized spacial score (nSPS) is 15.6. The van der Waals surface area contributed by atoms with Gasteiger partial charge in [0.05, 0.1) is 0 Å². The van der Waals surface area contributed by atoms with E-state index in [1.54, 1.807) is 0 Å². The molecule has 1 nitrogen and oxygen atoms in total. The van der Waals surface area contributed by atoms with Crippen LogP contribution in [0, 0.1) is 5.41 Å². The molecule has 0 aliphatic rings. The Morgan fingerprint density at radius 3 is 1.69 bits per heavy atom. The maximum Gasteiger partial charge on any atom is 0.0258 e. The zero-order valence-electron chi connectivity index (χ0n) is 10.3. The summed E-state index contributed by atoms with van der Waals surface area (Å²) < 4.78 is 0. The van der Waals surface area contributed by atoms with Crippen LogP contribution in [0.3, 0.4) is 0 Å². The van der Waals surface area contributed by atoms with Crippen LogP contribution in [0.2, 0.25) is 0 Å². The summed E-state index contributed by atoms with van der Waals surface area (Å²) in [4.78, 5) is 0. The summed E-state index contributed by atoms with van der Waals surface area (Å²) >= 11 is 0. The van der Waals surface area contributed by atoms with Crippen molar-refractivity contribution in [3.8, 4) is 0 Å². The molecule has 0 saturated carbocycles. The minimum absolute atomic E-state index is 0.160. The first kappa shape index (κ1) is 12.7. The van der Waals surface area contributed by atoms with Gasteiger partial charge in [-0.15, -0.1) is 0 Å². The van der Waals surface area contributed by atoms with E-state index in [0.29, 0.717) is 6.04 Å². The molecule has 1 heteroatoms. The highest BCUT2D eigenvalue weighted by atomic mass is 15.0. The number of rotatable bonds is 2. The first-order valence-electron chi connectivity index (χ1n) is 5.01. The van der Waals surface area contributed by atoms with Gasteiger partial charge in [-0.1, -0.05) is 32.9 Å². The van der Waals surface area contributed by atoms with Crippen molar-refractivity contribution in [2.24, 2.45) is 5.41 Å². The van der Waals surface area contributed by atoms with Crippen molar-refractivity contribution in [2.45, 2.75) is 60.0 Å². The summed E-state index contributed by atoms with van der Waals surface area (Å²) in [6.45, 7) is 19.5. The molecule has 0 saturated heterocycles. The average Bonchev–Trinajstić information content (AvgIpc) is 1.79. The molecule has 0 bridgehead atoms. The van der Waals surface area contributed by atoms with E-state index in [4.69, 9.17) is 0 Å². The highest BCUT2D eigenvalue weighted by Crippen LogP contribution is 2.26. The topological polar surface area (TPSA) is 12.0 Å². The lowest BCUT2D eigenvalue weighted by Gasteiger charge is -2.33. The molecule has 0 rings (SSSR count). The van der Waals surface area contributed by atoms with Gasteiger partial charge in [0.25, 0.3) is 0 Å². The van der Waals surface area contributed by atoms with E-state index in [9.17, 15) is 0 Å². The monoisotopic (exact) mass is 183 g/mol. The fourth-order valence-electron chi connectivity index (χ4n) is 1.39. The molecular formula is C12H25N. The van der Waals surface area contributed by atoms with Gasteiger partial charge in [0.15, 0.2) is 0 Å². The molecule has 0 aromatic carbocycles. The predicted octanol–water partition coefficient (Wildman–Crippen LogP) is 3.37. The van der Waals surface area contributed by atoms with Crippen LogP contribution in [0.1, 0.15) is 48.5 Å². The van der Waals surface area contributed by atoms with Gasteiger partial charge in [0.1, 0.15) is 0 Å². The van der Waals surface area contributed by atoms with Gasteiger partial charge in [-0.25, -0.2) is 0 Å². The summed E-state index contributed by atoms with van der Waals surface area (Å²) in [7, 11) is 0. The summed E-state index contributed by atoms with van der Waals surface area (Å²) in [5.41, 5.74) is 1.62. The third kappa shape index (κ3) is 5.09. The van der Waals surface area contributed by atoms with Crippen molar-refractivity contribution in [3.63, 3.8) is 0 Å². The lowest BCUT2D eigenvalue weighted by atomic mass is 9.83. The highest BCUT2D eigenvalue weighted by molar-refractivity contribution is 5.13. The van der Waals surface area contributed by atoms with Crippen molar-refractivity contribution < 1.29 is 0 Å². The van der Waals surface area contributed by atoms with Crippen LogP contribution in [-0.2, 0) is 0 Å². The SMILES string of the molecule is C=C(C(C)NC(C)(C)C)C(C)(C)C. The van der Waals surface area contributed by atoms with Gasteiger partial charge >= 0.3 is 0 Å². The predicted molar refractivity (Wildman–Crippen MR) is 60.9 cm³/mol. The average molecular weight is 183 g/mol. The molecule has 1 N–H and O–H groups in total. The zero-order valence-corrected chi connectivity index (χ0v) is 10.3. The molecule has 1 atom stereocenters. The highest BCUT2D eigenvalue weighted by Gasteiger charge is 2.23. The fourth-order valence-corrected chi connectivity index (χ4v) is 1.39. The summed E-state index contributed by atoms with van der Waals surface area (Å²) in [5, 5.41) is 3.53. The standard InChI is InChI=1S/C12H25N/c1-9(11(3,4)5)10(2)13-12(6,7)8/h10,13H,1H2,2-8H3. The van der Waals surface area contributed by atoms with Gasteiger partial charge < -0.3 is 5.32 Å². The van der Waals surface area contributed by atoms with Crippen molar-refractivity contribution in [1.82, 2.24) is 5.32 Å². The molecule has 0 heterocycles. The molecule has 0 spiro atoms. The summed E-state index contributed by atoms with van der Waals surface area (Å²) in [5.74, 6) is 0. The number of nitrogens with one attached hydrogen (secondary N) is 1. The van der Waals surface area contributed by atoms with Crippen molar-refractivity contribution >= 4 is 0 Å². The maximum atomic E-state index is 4.15. The second kappa shape index (κ2) is 3.83. The molecule has 0 amide bonds. The van der Waals surface area contributed by atoms with Gasteiger partial charge in [-0.2, -0.15) is 0 Å². The van der Waals surface area contributed by atoms with Crippen LogP contribution in [0.15, 0.2) is 12.2 Å². The molecule has 0 aliphatic carbocycles. The Kier molecular flexibility index (Phi) is 3.74. The largest absolute Gasteiger partial charge is 0.306 e. The van der Waals surface area contributed by atoms with E-state index in [0.717, 1.165) is 0 Å². The minimum Gasteiger partial charge on any atom is -0.306 e. The third-order valence-electron chi connectivity index (χ3n) is 2.14. The molecule has 0 radical (unpaired) electrons. The number of hydrogen-bond donors (Lipinski definition) is 1. The Balaban J connectivity index is 4.30. The van der Waals surface area contributed by atoms with Crippen molar-refractivity contribution in [1.29, 1.82) is 0 Å². The first-order valence-corrected chi connectivity index (χ1v) is 5.01. The van der Waals surface area contributed by atoms with Crippen LogP contribution in [-0.4, -0.2) is 11.6 Å². The van der Waals surface area contributed by atoms with Crippen LogP contribution >= 0.6 is 0 Å². The van der Waals surface area contributed by atoms with Crippen LogP contribution < -0.4 is 5.32 Å². The molecular weight excluding hydrogens is 158 g/mol. The lowest BCUT2D eigenvalue weighted by molar-refractivity contribution is 0.357. The van der Waals surface area contributed by atoms with Crippen LogP contribution in [0.5, 0.6) is 0 Å². The zero-order chi connectivity index (χ0) is 10.9. The second-order valence-corrected chi connectivity index (χ2v) is 5.89. The molecule has 1 unspecified atom stereocenters. The molecule has 0 aliphatic heterocycles. The third-order valence-corrected chi connectivity index (χ3v) is 2.14. The van der Waals surface area contributed by atoms with E-state index >= 15 is 0 Å². The van der Waals surface area contributed by atoms with E-state index in [1.165, 1.54) is 5.57 Å². The number of hydrogen-bond acceptors (Lipinski definition) is 1. The Labute approximate surface area is 83.6 Å². The Bertz CT molecular complexity index is 178. The molecule has 13 heavy (non-hydrogen) atoms. The lowest BCUT2D eigenvalue weighted by Crippen LogP contribution is -2.44. The fraction of sp³-hybridized carbons (Fsp3) is 0.833. The second-order valence-electron chi connectivity index (χ2n) is 5.89. The van der Waals surface area contributed by atoms with Gasteiger partial charge in [-0.3, -0.25) is 0 Å². The first-order chi connectivity index (χ1) is 5.54. The van der Waals surface area contributed by atoms with E-state index < -0.39 is 0 Å². The maximum absolute atomic E-state index is 4.15. The van der Waals surface area contributed by atoms with Gasteiger partial charge in [-0.05, 0) is 33.1 Å². The molecule has 78 valence electrons. The van der Waals surface area contributed by atoms with Crippen LogP contribution in [0.25, 0.3) is 0 Å². The Hall–Kier alpha value is -0.300. The van der Waals surface area contributed by atoms with E-state index in [-0.39, 0.29) is 11.0 Å². The summed E-state index contributed by atoms with van der Waals surface area (Å²) in [6, 6.07) is 0.375. The molecule has 0 aromatic heterocycles. The summed E-state index contributed by atoms with van der Waals surface area (Å²) in [6.07, 6.45) is 0. The van der Waals surface area contributed by atoms with Crippen LogP contribution in [0.4, 0.5) is 0 Å². The van der Waals surface area contributed by atoms with Crippen molar-refractivity contribution in [2.75, 3.05) is 0 Å². The van der Waals surface area contributed by atoms with E-state index in [2.05, 4.69) is 60.4 Å². The van der Waals surface area contributed by atoms with E-state index in [1.807, 2.05) is 0 Å². The van der Waals surface area contributed by atoms with Gasteiger partial charge in [0, 0.05) is 11.6 Å². The Morgan fingerprint density at radius 1 is 1.08 bits per heavy atom. The Morgan fingerprint density at radius 2 is 1.46 bits per heavy atom. The van der Waals surface area contributed by atoms with Gasteiger partial charge in [0.2, 0.25) is 0 Å². The molecule has 0 aromatic rings. The van der Waals surface area contributed by atoms with Crippen molar-refractivity contribution in [3.05, 3.63) is 12.2 Å². The smallest absolute Gasteiger partial charge is 0.0258 e. The quantitative estimate of drug-likeness (QED) is 0.647. The molecule has 0 fully saturated rings. The minimum atomic E-state index is 0.160.